The number of hydrogen-bond donors (Lipinski definition) is 2. The number of hydrogen-bond acceptors (Lipinski definition) is 3. The Kier molecular flexibility index (Phi) is 5.29. The minimum Gasteiger partial charge on any atom is -0.396 e. The second-order valence-corrected chi connectivity index (χ2v) is 8.04. The molecule has 0 radical (unpaired) electrons. The number of anilines is 1. The SMILES string of the molecule is Cc1cc(NS(=O)(=O)N2CCCC(CO)C2)cc(C)c1Br. The first kappa shape index (κ1) is 16.7. The third-order valence-corrected chi connectivity index (χ3v) is 6.52. The largest absolute Gasteiger partial charge is 0.396 e. The monoisotopic (exact) mass is 376 g/mol. The van der Waals surface area contributed by atoms with Crippen LogP contribution in [0.25, 0.3) is 0 Å². The average Bonchev–Trinajstić information content (AvgIpc) is 2.44. The summed E-state index contributed by atoms with van der Waals surface area (Å²) >= 11 is 3.47. The second-order valence-electron chi connectivity index (χ2n) is 5.58. The molecular formula is C14H21BrN2O3S. The Morgan fingerprint density at radius 2 is 2.00 bits per heavy atom. The van der Waals surface area contributed by atoms with Crippen LogP contribution >= 0.6 is 15.9 Å². The lowest BCUT2D eigenvalue weighted by molar-refractivity contribution is 0.166. The van der Waals surface area contributed by atoms with Crippen LogP contribution in [0.1, 0.15) is 24.0 Å². The quantitative estimate of drug-likeness (QED) is 0.847. The molecule has 0 amide bonds. The first-order chi connectivity index (χ1) is 9.83. The average molecular weight is 377 g/mol. The van der Waals surface area contributed by atoms with Gasteiger partial charge in [0.15, 0.2) is 0 Å². The molecule has 118 valence electrons. The topological polar surface area (TPSA) is 69.6 Å². The fourth-order valence-corrected chi connectivity index (χ4v) is 4.16. The van der Waals surface area contributed by atoms with Crippen LogP contribution in [-0.2, 0) is 10.2 Å². The minimum absolute atomic E-state index is 0.0303. The Balaban J connectivity index is 2.17. The number of rotatable bonds is 4. The third-order valence-electron chi connectivity index (χ3n) is 3.76. The van der Waals surface area contributed by atoms with Crippen LogP contribution in [-0.4, -0.2) is 37.5 Å². The molecule has 1 saturated heterocycles. The maximum absolute atomic E-state index is 12.4. The summed E-state index contributed by atoms with van der Waals surface area (Å²) in [7, 11) is -3.57. The van der Waals surface area contributed by atoms with Crippen molar-refractivity contribution < 1.29 is 13.5 Å². The van der Waals surface area contributed by atoms with Crippen molar-refractivity contribution in [3.63, 3.8) is 0 Å². The van der Waals surface area contributed by atoms with E-state index in [1.165, 1.54) is 4.31 Å². The van der Waals surface area contributed by atoms with Crippen LogP contribution in [0.4, 0.5) is 5.69 Å². The number of nitrogens with one attached hydrogen (secondary N) is 1. The van der Waals surface area contributed by atoms with E-state index in [1.54, 1.807) is 0 Å². The molecule has 21 heavy (non-hydrogen) atoms. The molecule has 0 aliphatic carbocycles. The highest BCUT2D eigenvalue weighted by Gasteiger charge is 2.28. The van der Waals surface area contributed by atoms with Gasteiger partial charge in [0.05, 0.1) is 5.69 Å². The molecule has 5 nitrogen and oxygen atoms in total. The molecule has 0 saturated carbocycles. The predicted octanol–water partition coefficient (Wildman–Crippen LogP) is 2.43. The molecule has 1 atom stereocenters. The van der Waals surface area contributed by atoms with E-state index in [9.17, 15) is 13.5 Å². The van der Waals surface area contributed by atoms with Crippen molar-refractivity contribution in [2.45, 2.75) is 26.7 Å². The normalized spacial score (nSPS) is 20.5. The Hall–Kier alpha value is -0.630. The number of aliphatic hydroxyl groups excluding tert-OH is 1. The molecule has 1 aromatic rings. The molecule has 2 N–H and O–H groups in total. The summed E-state index contributed by atoms with van der Waals surface area (Å²) in [5.41, 5.74) is 2.54. The van der Waals surface area contributed by atoms with Crippen molar-refractivity contribution >= 4 is 31.8 Å². The van der Waals surface area contributed by atoms with Crippen LogP contribution in [0.2, 0.25) is 0 Å². The smallest absolute Gasteiger partial charge is 0.301 e. The summed E-state index contributed by atoms with van der Waals surface area (Å²) in [6, 6.07) is 3.62. The molecule has 1 fully saturated rings. The first-order valence-electron chi connectivity index (χ1n) is 6.99. The summed E-state index contributed by atoms with van der Waals surface area (Å²) in [5, 5.41) is 9.22. The van der Waals surface area contributed by atoms with Gasteiger partial charge in [0, 0.05) is 24.2 Å². The molecule has 1 aromatic carbocycles. The van der Waals surface area contributed by atoms with Gasteiger partial charge in [-0.25, -0.2) is 0 Å². The minimum atomic E-state index is -3.57. The van der Waals surface area contributed by atoms with Gasteiger partial charge in [-0.3, -0.25) is 4.72 Å². The van der Waals surface area contributed by atoms with Crippen molar-refractivity contribution in [1.82, 2.24) is 4.31 Å². The fourth-order valence-electron chi connectivity index (χ4n) is 2.61. The van der Waals surface area contributed by atoms with Gasteiger partial charge >= 0.3 is 10.2 Å². The highest BCUT2D eigenvalue weighted by molar-refractivity contribution is 9.10. The number of piperidine rings is 1. The van der Waals surface area contributed by atoms with Crippen molar-refractivity contribution in [3.05, 3.63) is 27.7 Å². The number of benzene rings is 1. The lowest BCUT2D eigenvalue weighted by Gasteiger charge is -2.31. The van der Waals surface area contributed by atoms with Gasteiger partial charge in [0.1, 0.15) is 0 Å². The van der Waals surface area contributed by atoms with Crippen LogP contribution < -0.4 is 4.72 Å². The van der Waals surface area contributed by atoms with Crippen LogP contribution in [0.5, 0.6) is 0 Å². The third kappa shape index (κ3) is 3.97. The summed E-state index contributed by atoms with van der Waals surface area (Å²) in [4.78, 5) is 0. The molecular weight excluding hydrogens is 356 g/mol. The van der Waals surface area contributed by atoms with Gasteiger partial charge in [0.25, 0.3) is 0 Å². The maximum Gasteiger partial charge on any atom is 0.301 e. The molecule has 1 heterocycles. The van der Waals surface area contributed by atoms with Crippen LogP contribution in [0.3, 0.4) is 0 Å². The van der Waals surface area contributed by atoms with Crippen molar-refractivity contribution in [3.8, 4) is 0 Å². The molecule has 1 unspecified atom stereocenters. The highest BCUT2D eigenvalue weighted by atomic mass is 79.9. The Morgan fingerprint density at radius 3 is 2.57 bits per heavy atom. The van der Waals surface area contributed by atoms with Gasteiger partial charge in [-0.05, 0) is 55.9 Å². The van der Waals surface area contributed by atoms with Crippen molar-refractivity contribution in [2.75, 3.05) is 24.4 Å². The highest BCUT2D eigenvalue weighted by Crippen LogP contribution is 2.26. The number of halogens is 1. The van der Waals surface area contributed by atoms with Gasteiger partial charge in [-0.1, -0.05) is 15.9 Å². The standard InChI is InChI=1S/C14H21BrN2O3S/c1-10-6-13(7-11(2)14(10)15)16-21(19,20)17-5-3-4-12(8-17)9-18/h6-7,12,16,18H,3-5,8-9H2,1-2H3. The molecule has 1 aliphatic rings. The Morgan fingerprint density at radius 1 is 1.38 bits per heavy atom. The van der Waals surface area contributed by atoms with Crippen LogP contribution in [0, 0.1) is 19.8 Å². The maximum atomic E-state index is 12.4. The second kappa shape index (κ2) is 6.64. The predicted molar refractivity (Wildman–Crippen MR) is 87.5 cm³/mol. The van der Waals surface area contributed by atoms with E-state index >= 15 is 0 Å². The van der Waals surface area contributed by atoms with Gasteiger partial charge in [0.2, 0.25) is 0 Å². The summed E-state index contributed by atoms with van der Waals surface area (Å²) < 4.78 is 29.9. The van der Waals surface area contributed by atoms with Gasteiger partial charge in [-0.2, -0.15) is 12.7 Å². The van der Waals surface area contributed by atoms with E-state index in [0.29, 0.717) is 18.8 Å². The van der Waals surface area contributed by atoms with E-state index in [1.807, 2.05) is 26.0 Å². The molecule has 0 aromatic heterocycles. The summed E-state index contributed by atoms with van der Waals surface area (Å²) in [5.74, 6) is 0.0312. The molecule has 0 spiro atoms. The molecule has 0 bridgehead atoms. The first-order valence-corrected chi connectivity index (χ1v) is 9.22. The Labute approximate surface area is 134 Å². The van der Waals surface area contributed by atoms with Crippen molar-refractivity contribution in [1.29, 1.82) is 0 Å². The lowest BCUT2D eigenvalue weighted by Crippen LogP contribution is -2.43. The molecule has 7 heteroatoms. The van der Waals surface area contributed by atoms with E-state index in [0.717, 1.165) is 28.4 Å². The van der Waals surface area contributed by atoms with Crippen LogP contribution in [0.15, 0.2) is 16.6 Å². The molecule has 1 aliphatic heterocycles. The van der Waals surface area contributed by atoms with E-state index in [2.05, 4.69) is 20.7 Å². The summed E-state index contributed by atoms with van der Waals surface area (Å²) in [6.45, 7) is 4.76. The number of aryl methyl sites for hydroxylation is 2. The van der Waals surface area contributed by atoms with E-state index < -0.39 is 10.2 Å². The number of nitrogens with zero attached hydrogens (tertiary/aromatic N) is 1. The van der Waals surface area contributed by atoms with Gasteiger partial charge < -0.3 is 5.11 Å². The Bertz CT molecular complexity index is 596. The van der Waals surface area contributed by atoms with Gasteiger partial charge in [-0.15, -0.1) is 0 Å². The zero-order valence-electron chi connectivity index (χ0n) is 12.3. The van der Waals surface area contributed by atoms with E-state index in [-0.39, 0.29) is 12.5 Å². The van der Waals surface area contributed by atoms with E-state index in [4.69, 9.17) is 0 Å². The lowest BCUT2D eigenvalue weighted by atomic mass is 10.0. The zero-order chi connectivity index (χ0) is 15.6. The van der Waals surface area contributed by atoms with Crippen molar-refractivity contribution in [2.24, 2.45) is 5.92 Å². The zero-order valence-corrected chi connectivity index (χ0v) is 14.7. The molecule has 2 rings (SSSR count). The summed E-state index contributed by atoms with van der Waals surface area (Å²) in [6.07, 6.45) is 1.66. The number of aliphatic hydroxyl groups is 1. The fraction of sp³-hybridized carbons (Fsp3) is 0.571.